The number of hydrogen-bond donors (Lipinski definition) is 0. The lowest BCUT2D eigenvalue weighted by Gasteiger charge is -2.26. The Labute approximate surface area is 288 Å². The largest absolute Gasteiger partial charge is 0.480 e. The molecule has 0 atom stereocenters. The maximum Gasteiger partial charge on any atom is 0.311 e. The molecule has 2 aromatic carbocycles. The standard InChI is InChI=1S/C38H42N6O5/c1-36(2,3)34(45)47-21-19-44(20-22-48-35(46)37(4,5)6)30-16-14-29(15-17-30)43-42-28-12-9-26(10-13-28)11-18-32-31(25-41)33(27(23-39)24-40)49-38(32,7)8/h9-18H,19-22H2,1-8H3. The van der Waals surface area contributed by atoms with Gasteiger partial charge in [0, 0.05) is 11.3 Å². The summed E-state index contributed by atoms with van der Waals surface area (Å²) in [6.07, 6.45) is 3.57. The Morgan fingerprint density at radius 1 is 0.796 bits per heavy atom. The highest BCUT2D eigenvalue weighted by Gasteiger charge is 2.38. The number of nitriles is 3. The fourth-order valence-corrected chi connectivity index (χ4v) is 4.46. The van der Waals surface area contributed by atoms with Crippen molar-refractivity contribution >= 4 is 35.1 Å². The van der Waals surface area contributed by atoms with Gasteiger partial charge < -0.3 is 19.1 Å². The first-order valence-electron chi connectivity index (χ1n) is 15.8. The van der Waals surface area contributed by atoms with Crippen molar-refractivity contribution in [2.45, 2.75) is 61.0 Å². The van der Waals surface area contributed by atoms with Crippen LogP contribution >= 0.6 is 0 Å². The van der Waals surface area contributed by atoms with Crippen LogP contribution in [0.2, 0.25) is 0 Å². The lowest BCUT2D eigenvalue weighted by molar-refractivity contribution is -0.152. The zero-order valence-electron chi connectivity index (χ0n) is 29.3. The quantitative estimate of drug-likeness (QED) is 0.132. The maximum atomic E-state index is 12.3. The number of rotatable bonds is 11. The van der Waals surface area contributed by atoms with Gasteiger partial charge in [0.1, 0.15) is 42.6 Å². The smallest absolute Gasteiger partial charge is 0.311 e. The fraction of sp³-hybridized carbons (Fsp3) is 0.395. The minimum absolute atomic E-state index is 0.00291. The van der Waals surface area contributed by atoms with Crippen LogP contribution in [0.4, 0.5) is 17.1 Å². The Morgan fingerprint density at radius 3 is 1.69 bits per heavy atom. The fourth-order valence-electron chi connectivity index (χ4n) is 4.46. The summed E-state index contributed by atoms with van der Waals surface area (Å²) in [5.41, 5.74) is 1.31. The van der Waals surface area contributed by atoms with Gasteiger partial charge in [0.15, 0.2) is 11.3 Å². The van der Waals surface area contributed by atoms with E-state index in [4.69, 9.17) is 14.2 Å². The second-order valence-electron chi connectivity index (χ2n) is 13.8. The number of nitrogens with zero attached hydrogens (tertiary/aromatic N) is 6. The lowest BCUT2D eigenvalue weighted by Crippen LogP contribution is -2.34. The van der Waals surface area contributed by atoms with Crippen LogP contribution in [0.3, 0.4) is 0 Å². The van der Waals surface area contributed by atoms with E-state index in [1.54, 1.807) is 73.6 Å². The molecule has 0 spiro atoms. The average molecular weight is 663 g/mol. The van der Waals surface area contributed by atoms with Crippen molar-refractivity contribution < 1.29 is 23.8 Å². The number of carbonyl (C=O) groups is 2. The predicted molar refractivity (Wildman–Crippen MR) is 185 cm³/mol. The molecule has 0 amide bonds. The molecule has 0 fully saturated rings. The monoisotopic (exact) mass is 662 g/mol. The highest BCUT2D eigenvalue weighted by Crippen LogP contribution is 2.40. The zero-order chi connectivity index (χ0) is 36.4. The minimum atomic E-state index is -0.894. The first-order chi connectivity index (χ1) is 23.0. The summed E-state index contributed by atoms with van der Waals surface area (Å²) in [6.45, 7) is 15.5. The molecule has 1 heterocycles. The van der Waals surface area contributed by atoms with Crippen LogP contribution in [0, 0.1) is 44.8 Å². The van der Waals surface area contributed by atoms with E-state index in [2.05, 4.69) is 16.3 Å². The van der Waals surface area contributed by atoms with Crippen LogP contribution in [-0.2, 0) is 23.8 Å². The number of esters is 2. The third-order valence-corrected chi connectivity index (χ3v) is 7.31. The number of carbonyl (C=O) groups excluding carboxylic acids is 2. The topological polar surface area (TPSA) is 161 Å². The van der Waals surface area contributed by atoms with E-state index >= 15 is 0 Å². The molecule has 49 heavy (non-hydrogen) atoms. The van der Waals surface area contributed by atoms with Gasteiger partial charge in [-0.25, -0.2) is 0 Å². The van der Waals surface area contributed by atoms with Crippen molar-refractivity contribution in [3.8, 4) is 18.2 Å². The van der Waals surface area contributed by atoms with Gasteiger partial charge in [-0.1, -0.05) is 24.3 Å². The lowest BCUT2D eigenvalue weighted by atomic mass is 9.94. The number of ether oxygens (including phenoxy) is 3. The Kier molecular flexibility index (Phi) is 12.2. The van der Waals surface area contributed by atoms with Gasteiger partial charge in [0.2, 0.25) is 0 Å². The van der Waals surface area contributed by atoms with Crippen LogP contribution in [0.25, 0.3) is 6.08 Å². The highest BCUT2D eigenvalue weighted by molar-refractivity contribution is 5.76. The van der Waals surface area contributed by atoms with Gasteiger partial charge in [-0.15, -0.1) is 0 Å². The molecule has 0 saturated heterocycles. The zero-order valence-corrected chi connectivity index (χ0v) is 29.3. The molecular weight excluding hydrogens is 620 g/mol. The molecular formula is C38H42N6O5. The normalized spacial score (nSPS) is 14.2. The third kappa shape index (κ3) is 10.4. The third-order valence-electron chi connectivity index (χ3n) is 7.31. The first kappa shape index (κ1) is 37.7. The average Bonchev–Trinajstić information content (AvgIpc) is 3.31. The molecule has 0 bridgehead atoms. The van der Waals surface area contributed by atoms with E-state index in [1.807, 2.05) is 59.5 Å². The van der Waals surface area contributed by atoms with E-state index in [0.29, 0.717) is 30.0 Å². The van der Waals surface area contributed by atoms with Crippen molar-refractivity contribution in [2.24, 2.45) is 21.1 Å². The minimum Gasteiger partial charge on any atom is -0.480 e. The summed E-state index contributed by atoms with van der Waals surface area (Å²) in [5.74, 6) is -0.582. The van der Waals surface area contributed by atoms with Gasteiger partial charge in [0.25, 0.3) is 0 Å². The molecule has 2 aromatic rings. The van der Waals surface area contributed by atoms with Crippen molar-refractivity contribution in [3.05, 3.63) is 82.6 Å². The Morgan fingerprint density at radius 2 is 1.27 bits per heavy atom. The number of azo groups is 1. The molecule has 11 heteroatoms. The summed E-state index contributed by atoms with van der Waals surface area (Å²) in [4.78, 5) is 26.5. The molecule has 1 aliphatic heterocycles. The van der Waals surface area contributed by atoms with Gasteiger partial charge >= 0.3 is 11.9 Å². The number of hydrogen-bond acceptors (Lipinski definition) is 11. The van der Waals surface area contributed by atoms with E-state index < -0.39 is 16.4 Å². The van der Waals surface area contributed by atoms with Gasteiger partial charge in [-0.05, 0) is 97.4 Å². The van der Waals surface area contributed by atoms with Crippen LogP contribution in [0.15, 0.2) is 87.3 Å². The van der Waals surface area contributed by atoms with Gasteiger partial charge in [-0.3, -0.25) is 9.59 Å². The van der Waals surface area contributed by atoms with E-state index in [1.165, 1.54) is 0 Å². The molecule has 0 N–H and O–H groups in total. The Bertz CT molecular complexity index is 1740. The van der Waals surface area contributed by atoms with Crippen molar-refractivity contribution in [1.82, 2.24) is 0 Å². The number of anilines is 1. The summed E-state index contributed by atoms with van der Waals surface area (Å²) in [6, 6.07) is 20.4. The summed E-state index contributed by atoms with van der Waals surface area (Å²) >= 11 is 0. The van der Waals surface area contributed by atoms with Crippen LogP contribution in [0.5, 0.6) is 0 Å². The molecule has 0 aliphatic carbocycles. The first-order valence-corrected chi connectivity index (χ1v) is 15.8. The molecule has 0 unspecified atom stereocenters. The van der Waals surface area contributed by atoms with Crippen LogP contribution in [-0.4, -0.2) is 43.8 Å². The van der Waals surface area contributed by atoms with Crippen molar-refractivity contribution in [3.63, 3.8) is 0 Å². The van der Waals surface area contributed by atoms with Crippen LogP contribution < -0.4 is 4.90 Å². The summed E-state index contributed by atoms with van der Waals surface area (Å²) in [5, 5.41) is 37.0. The summed E-state index contributed by atoms with van der Waals surface area (Å²) < 4.78 is 16.7. The Hall–Kier alpha value is -5.73. The van der Waals surface area contributed by atoms with Crippen LogP contribution in [0.1, 0.15) is 61.0 Å². The number of benzene rings is 2. The highest BCUT2D eigenvalue weighted by atomic mass is 16.5. The van der Waals surface area contributed by atoms with E-state index in [9.17, 15) is 25.4 Å². The Balaban J connectivity index is 1.71. The molecule has 0 radical (unpaired) electrons. The predicted octanol–water partition coefficient (Wildman–Crippen LogP) is 8.03. The number of allylic oxidation sites excluding steroid dienone is 2. The second kappa shape index (κ2) is 15.9. The molecule has 1 aliphatic rings. The maximum absolute atomic E-state index is 12.3. The SMILES string of the molecule is CC(C)(C)C(=O)OCCN(CCOC(=O)C(C)(C)C)c1ccc(N=Nc2ccc(C=CC3=C(C#N)C(=C(C#N)C#N)OC3(C)C)cc2)cc1. The molecule has 11 nitrogen and oxygen atoms in total. The van der Waals surface area contributed by atoms with Crippen molar-refractivity contribution in [2.75, 3.05) is 31.2 Å². The van der Waals surface area contributed by atoms with Crippen molar-refractivity contribution in [1.29, 1.82) is 15.8 Å². The molecule has 3 rings (SSSR count). The van der Waals surface area contributed by atoms with Gasteiger partial charge in [0.05, 0.1) is 35.3 Å². The van der Waals surface area contributed by atoms with Gasteiger partial charge in [-0.2, -0.15) is 26.0 Å². The molecule has 0 saturated carbocycles. The molecule has 0 aromatic heterocycles. The molecule has 254 valence electrons. The van der Waals surface area contributed by atoms with E-state index in [-0.39, 0.29) is 42.1 Å². The van der Waals surface area contributed by atoms with E-state index in [0.717, 1.165) is 11.3 Å². The second-order valence-corrected chi connectivity index (χ2v) is 13.8. The summed E-state index contributed by atoms with van der Waals surface area (Å²) in [7, 11) is 0.